The van der Waals surface area contributed by atoms with Gasteiger partial charge in [0, 0.05) is 16.7 Å². The highest BCUT2D eigenvalue weighted by molar-refractivity contribution is 6.31. The summed E-state index contributed by atoms with van der Waals surface area (Å²) < 4.78 is 52.4. The van der Waals surface area contributed by atoms with Crippen LogP contribution in [0, 0.1) is 23.3 Å². The molecule has 0 radical (unpaired) electrons. The largest absolute Gasteiger partial charge is 0.320 e. The van der Waals surface area contributed by atoms with Crippen LogP contribution in [-0.4, -0.2) is 0 Å². The van der Waals surface area contributed by atoms with Crippen LogP contribution in [0.5, 0.6) is 0 Å². The van der Waals surface area contributed by atoms with Gasteiger partial charge in [-0.25, -0.2) is 17.6 Å². The Balaban J connectivity index is 2.49. The molecular weight excluding hydrogens is 282 g/mol. The van der Waals surface area contributed by atoms with Crippen LogP contribution in [0.25, 0.3) is 0 Å². The van der Waals surface area contributed by atoms with Gasteiger partial charge in [0.05, 0.1) is 6.04 Å². The number of rotatable bonds is 2. The van der Waals surface area contributed by atoms with Crippen molar-refractivity contribution in [1.29, 1.82) is 0 Å². The summed E-state index contributed by atoms with van der Waals surface area (Å²) in [5.74, 6) is -4.10. The molecule has 2 aromatic carbocycles. The predicted molar refractivity (Wildman–Crippen MR) is 63.8 cm³/mol. The quantitative estimate of drug-likeness (QED) is 0.657. The Labute approximate surface area is 111 Å². The second-order valence-corrected chi connectivity index (χ2v) is 4.34. The Morgan fingerprint density at radius 1 is 0.842 bits per heavy atom. The fourth-order valence-electron chi connectivity index (χ4n) is 1.70. The maximum absolute atomic E-state index is 13.6. The van der Waals surface area contributed by atoms with Gasteiger partial charge in [-0.05, 0) is 23.8 Å². The maximum Gasteiger partial charge on any atom is 0.161 e. The number of hydrogen-bond donors (Lipinski definition) is 1. The first-order valence-corrected chi connectivity index (χ1v) is 5.63. The molecule has 6 heteroatoms. The molecule has 2 N–H and O–H groups in total. The van der Waals surface area contributed by atoms with E-state index >= 15 is 0 Å². The third-order valence-corrected chi connectivity index (χ3v) is 3.00. The molecule has 2 rings (SSSR count). The minimum absolute atomic E-state index is 0.0170. The van der Waals surface area contributed by atoms with E-state index in [4.69, 9.17) is 17.3 Å². The number of nitrogens with two attached hydrogens (primary N) is 1. The molecule has 0 saturated carbocycles. The van der Waals surface area contributed by atoms with E-state index in [0.29, 0.717) is 12.1 Å². The molecule has 0 heterocycles. The van der Waals surface area contributed by atoms with E-state index in [1.165, 1.54) is 6.07 Å². The van der Waals surface area contributed by atoms with Crippen molar-refractivity contribution in [3.8, 4) is 0 Å². The summed E-state index contributed by atoms with van der Waals surface area (Å²) in [6.45, 7) is 0. The molecule has 0 amide bonds. The SMILES string of the molecule is NC(c1cc(F)c(F)cc1F)c1ccc(F)cc1Cl. The van der Waals surface area contributed by atoms with Crippen molar-refractivity contribution in [2.75, 3.05) is 0 Å². The number of benzene rings is 2. The zero-order valence-electron chi connectivity index (χ0n) is 9.43. The van der Waals surface area contributed by atoms with Gasteiger partial charge in [-0.1, -0.05) is 17.7 Å². The molecule has 2 aromatic rings. The van der Waals surface area contributed by atoms with Crippen molar-refractivity contribution >= 4 is 11.6 Å². The van der Waals surface area contributed by atoms with Gasteiger partial charge >= 0.3 is 0 Å². The van der Waals surface area contributed by atoms with Crippen molar-refractivity contribution in [1.82, 2.24) is 0 Å². The van der Waals surface area contributed by atoms with Crippen molar-refractivity contribution in [2.45, 2.75) is 6.04 Å². The molecule has 1 atom stereocenters. The standard InChI is InChI=1S/C13H8ClF4N/c14-9-3-6(15)1-2-7(9)13(19)8-4-11(17)12(18)5-10(8)16/h1-5,13H,19H2. The predicted octanol–water partition coefficient (Wildman–Crippen LogP) is 3.94. The van der Waals surface area contributed by atoms with Gasteiger partial charge in [0.25, 0.3) is 0 Å². The average Bonchev–Trinajstić information content (AvgIpc) is 2.33. The van der Waals surface area contributed by atoms with Crippen LogP contribution in [0.1, 0.15) is 17.2 Å². The molecule has 0 aliphatic carbocycles. The van der Waals surface area contributed by atoms with Gasteiger partial charge < -0.3 is 5.73 Å². The highest BCUT2D eigenvalue weighted by Gasteiger charge is 2.19. The summed E-state index contributed by atoms with van der Waals surface area (Å²) in [4.78, 5) is 0. The topological polar surface area (TPSA) is 26.0 Å². The van der Waals surface area contributed by atoms with E-state index in [2.05, 4.69) is 0 Å². The molecule has 0 fully saturated rings. The summed E-state index contributed by atoms with van der Waals surface area (Å²) in [5.41, 5.74) is 5.71. The minimum Gasteiger partial charge on any atom is -0.320 e. The average molecular weight is 290 g/mol. The van der Waals surface area contributed by atoms with E-state index < -0.39 is 29.3 Å². The summed E-state index contributed by atoms with van der Waals surface area (Å²) >= 11 is 5.79. The highest BCUT2D eigenvalue weighted by atomic mass is 35.5. The molecule has 0 bridgehead atoms. The molecule has 19 heavy (non-hydrogen) atoms. The molecule has 0 aromatic heterocycles. The molecule has 0 aliphatic heterocycles. The van der Waals surface area contributed by atoms with Gasteiger partial charge in [-0.3, -0.25) is 0 Å². The van der Waals surface area contributed by atoms with E-state index in [1.54, 1.807) is 0 Å². The Hall–Kier alpha value is -1.59. The fraction of sp³-hybridized carbons (Fsp3) is 0.0769. The first kappa shape index (κ1) is 13.8. The van der Waals surface area contributed by atoms with E-state index in [-0.39, 0.29) is 16.1 Å². The number of hydrogen-bond acceptors (Lipinski definition) is 1. The fourth-order valence-corrected chi connectivity index (χ4v) is 1.98. The zero-order valence-corrected chi connectivity index (χ0v) is 10.2. The second-order valence-electron chi connectivity index (χ2n) is 3.93. The minimum atomic E-state index is -1.31. The smallest absolute Gasteiger partial charge is 0.161 e. The second kappa shape index (κ2) is 5.19. The summed E-state index contributed by atoms with van der Waals surface area (Å²) in [5, 5.41) is -0.0170. The van der Waals surface area contributed by atoms with Crippen LogP contribution in [0.3, 0.4) is 0 Å². The third kappa shape index (κ3) is 2.72. The van der Waals surface area contributed by atoms with Crippen molar-refractivity contribution in [2.24, 2.45) is 5.73 Å². The summed E-state index contributed by atoms with van der Waals surface area (Å²) in [7, 11) is 0. The van der Waals surface area contributed by atoms with Crippen LogP contribution >= 0.6 is 11.6 Å². The first-order chi connectivity index (χ1) is 8.90. The number of halogens is 5. The van der Waals surface area contributed by atoms with E-state index in [0.717, 1.165) is 12.1 Å². The van der Waals surface area contributed by atoms with Gasteiger partial charge in [0.2, 0.25) is 0 Å². The van der Waals surface area contributed by atoms with Crippen molar-refractivity contribution in [3.63, 3.8) is 0 Å². The Bertz CT molecular complexity index is 630. The lowest BCUT2D eigenvalue weighted by molar-refractivity contribution is 0.487. The van der Waals surface area contributed by atoms with E-state index in [1.807, 2.05) is 0 Å². The van der Waals surface area contributed by atoms with Crippen molar-refractivity contribution in [3.05, 3.63) is 69.8 Å². The molecule has 100 valence electrons. The van der Waals surface area contributed by atoms with Gasteiger partial charge in [0.15, 0.2) is 11.6 Å². The normalized spacial score (nSPS) is 12.5. The van der Waals surface area contributed by atoms with Gasteiger partial charge in [-0.2, -0.15) is 0 Å². The van der Waals surface area contributed by atoms with Crippen molar-refractivity contribution < 1.29 is 17.6 Å². The monoisotopic (exact) mass is 289 g/mol. The lowest BCUT2D eigenvalue weighted by Gasteiger charge is -2.15. The first-order valence-electron chi connectivity index (χ1n) is 5.25. The third-order valence-electron chi connectivity index (χ3n) is 2.67. The molecule has 1 nitrogen and oxygen atoms in total. The molecule has 1 unspecified atom stereocenters. The molecule has 0 spiro atoms. The van der Waals surface area contributed by atoms with E-state index in [9.17, 15) is 17.6 Å². The molecule has 0 saturated heterocycles. The lowest BCUT2D eigenvalue weighted by atomic mass is 9.98. The van der Waals surface area contributed by atoms with Crippen LogP contribution in [0.2, 0.25) is 5.02 Å². The highest BCUT2D eigenvalue weighted by Crippen LogP contribution is 2.29. The van der Waals surface area contributed by atoms with Gasteiger partial charge in [-0.15, -0.1) is 0 Å². The van der Waals surface area contributed by atoms with Crippen LogP contribution in [-0.2, 0) is 0 Å². The Morgan fingerprint density at radius 3 is 2.11 bits per heavy atom. The maximum atomic E-state index is 13.6. The molecular formula is C13H8ClF4N. The van der Waals surface area contributed by atoms with Gasteiger partial charge in [0.1, 0.15) is 11.6 Å². The summed E-state index contributed by atoms with van der Waals surface area (Å²) in [6, 6.07) is 3.32. The Morgan fingerprint density at radius 2 is 1.47 bits per heavy atom. The summed E-state index contributed by atoms with van der Waals surface area (Å²) in [6.07, 6.45) is 0. The van der Waals surface area contributed by atoms with Crippen LogP contribution in [0.15, 0.2) is 30.3 Å². The van der Waals surface area contributed by atoms with Crippen LogP contribution < -0.4 is 5.73 Å². The Kier molecular flexibility index (Phi) is 3.78. The molecule has 0 aliphatic rings. The van der Waals surface area contributed by atoms with Crippen LogP contribution in [0.4, 0.5) is 17.6 Å². The lowest BCUT2D eigenvalue weighted by Crippen LogP contribution is -2.15. The zero-order chi connectivity index (χ0) is 14.2.